The molecule has 1 saturated heterocycles. The van der Waals surface area contributed by atoms with Crippen LogP contribution in [0.1, 0.15) is 72.8 Å². The zero-order valence-electron chi connectivity index (χ0n) is 17.1. The summed E-state index contributed by atoms with van der Waals surface area (Å²) in [6.07, 6.45) is 4.60. The normalized spacial score (nSPS) is 17.4. The fraction of sp³-hybridized carbons (Fsp3) is 0.400. The Morgan fingerprint density at radius 2 is 1.33 bits per heavy atom. The molecule has 0 spiro atoms. The van der Waals surface area contributed by atoms with Gasteiger partial charge in [-0.25, -0.2) is 0 Å². The molecule has 2 fully saturated rings. The van der Waals surface area contributed by atoms with Gasteiger partial charge in [0.2, 0.25) is 17.7 Å². The maximum absolute atomic E-state index is 13.2. The number of amides is 1. The third kappa shape index (κ3) is 4.16. The standard InChI is InChI=1S/C25H27N3O2/c29-23(17-22(18-7-3-1-4-8-18)19-9-5-2-6-10-19)28-15-13-21(14-16-28)25-27-26-24(30-25)20-11-12-20/h1-10,20-22H,11-17H2. The average molecular weight is 402 g/mol. The second-order valence-corrected chi connectivity index (χ2v) is 8.49. The van der Waals surface area contributed by atoms with Gasteiger partial charge in [-0.2, -0.15) is 0 Å². The van der Waals surface area contributed by atoms with Gasteiger partial charge in [0.15, 0.2) is 0 Å². The number of hydrogen-bond donors (Lipinski definition) is 0. The van der Waals surface area contributed by atoms with Gasteiger partial charge in [0, 0.05) is 37.3 Å². The zero-order chi connectivity index (χ0) is 20.3. The van der Waals surface area contributed by atoms with Gasteiger partial charge in [-0.3, -0.25) is 4.79 Å². The molecule has 0 radical (unpaired) electrons. The van der Waals surface area contributed by atoms with Crippen LogP contribution in [0.3, 0.4) is 0 Å². The molecule has 5 rings (SSSR count). The van der Waals surface area contributed by atoms with Crippen molar-refractivity contribution in [1.82, 2.24) is 15.1 Å². The van der Waals surface area contributed by atoms with E-state index in [1.54, 1.807) is 0 Å². The second-order valence-electron chi connectivity index (χ2n) is 8.49. The minimum Gasteiger partial charge on any atom is -0.425 e. The topological polar surface area (TPSA) is 59.2 Å². The fourth-order valence-electron chi connectivity index (χ4n) is 4.39. The first-order valence-corrected chi connectivity index (χ1v) is 11.0. The highest BCUT2D eigenvalue weighted by molar-refractivity contribution is 5.78. The van der Waals surface area contributed by atoms with Crippen LogP contribution in [0.5, 0.6) is 0 Å². The number of rotatable bonds is 6. The highest BCUT2D eigenvalue weighted by Gasteiger charge is 2.32. The predicted molar refractivity (Wildman–Crippen MR) is 114 cm³/mol. The summed E-state index contributed by atoms with van der Waals surface area (Å²) in [4.78, 5) is 15.2. The van der Waals surface area contributed by atoms with Gasteiger partial charge in [0.1, 0.15) is 0 Å². The zero-order valence-corrected chi connectivity index (χ0v) is 17.1. The lowest BCUT2D eigenvalue weighted by Crippen LogP contribution is -2.38. The Bertz CT molecular complexity index is 934. The van der Waals surface area contributed by atoms with E-state index in [4.69, 9.17) is 4.42 Å². The Morgan fingerprint density at radius 3 is 1.83 bits per heavy atom. The van der Waals surface area contributed by atoms with Gasteiger partial charge >= 0.3 is 0 Å². The van der Waals surface area contributed by atoms with E-state index in [1.165, 1.54) is 24.0 Å². The maximum Gasteiger partial charge on any atom is 0.223 e. The Balaban J connectivity index is 1.24. The largest absolute Gasteiger partial charge is 0.425 e. The lowest BCUT2D eigenvalue weighted by atomic mass is 9.87. The molecule has 5 nitrogen and oxygen atoms in total. The molecule has 1 aliphatic heterocycles. The summed E-state index contributed by atoms with van der Waals surface area (Å²) in [5.74, 6) is 2.62. The maximum atomic E-state index is 13.2. The van der Waals surface area contributed by atoms with Gasteiger partial charge in [0.05, 0.1) is 0 Å². The van der Waals surface area contributed by atoms with Crippen LogP contribution in [0.2, 0.25) is 0 Å². The van der Waals surface area contributed by atoms with Crippen LogP contribution < -0.4 is 0 Å². The van der Waals surface area contributed by atoms with Gasteiger partial charge in [-0.15, -0.1) is 10.2 Å². The molecule has 154 valence electrons. The average Bonchev–Trinajstić information content (AvgIpc) is 3.55. The van der Waals surface area contributed by atoms with Crippen molar-refractivity contribution in [1.29, 1.82) is 0 Å². The first-order valence-electron chi connectivity index (χ1n) is 11.0. The van der Waals surface area contributed by atoms with Crippen molar-refractivity contribution >= 4 is 5.91 Å². The lowest BCUT2D eigenvalue weighted by molar-refractivity contribution is -0.132. The Hall–Kier alpha value is -2.95. The Kier molecular flexibility index (Phi) is 5.35. The van der Waals surface area contributed by atoms with E-state index < -0.39 is 0 Å². The molecule has 1 saturated carbocycles. The number of benzene rings is 2. The fourth-order valence-corrected chi connectivity index (χ4v) is 4.39. The van der Waals surface area contributed by atoms with E-state index in [1.807, 2.05) is 41.3 Å². The van der Waals surface area contributed by atoms with E-state index >= 15 is 0 Å². The minimum atomic E-state index is 0.0784. The molecule has 5 heteroatoms. The molecule has 2 aliphatic rings. The second kappa shape index (κ2) is 8.42. The molecule has 1 aromatic heterocycles. The number of likely N-dealkylation sites (tertiary alicyclic amines) is 1. The highest BCUT2D eigenvalue weighted by atomic mass is 16.4. The molecule has 30 heavy (non-hydrogen) atoms. The number of carbonyl (C=O) groups is 1. The van der Waals surface area contributed by atoms with E-state index in [-0.39, 0.29) is 17.7 Å². The van der Waals surface area contributed by atoms with Crippen molar-refractivity contribution in [3.8, 4) is 0 Å². The number of carbonyl (C=O) groups excluding carboxylic acids is 1. The molecule has 0 atom stereocenters. The van der Waals surface area contributed by atoms with Crippen LogP contribution in [0.25, 0.3) is 0 Å². The third-order valence-electron chi connectivity index (χ3n) is 6.36. The highest BCUT2D eigenvalue weighted by Crippen LogP contribution is 2.40. The quantitative estimate of drug-likeness (QED) is 0.591. The molecule has 1 aliphatic carbocycles. The van der Waals surface area contributed by atoms with Crippen molar-refractivity contribution in [3.63, 3.8) is 0 Å². The van der Waals surface area contributed by atoms with Gasteiger partial charge in [-0.1, -0.05) is 60.7 Å². The number of aromatic nitrogens is 2. The first kappa shape index (κ1) is 19.0. The summed E-state index contributed by atoms with van der Waals surface area (Å²) in [5.41, 5.74) is 2.37. The van der Waals surface area contributed by atoms with Crippen LogP contribution >= 0.6 is 0 Å². The first-order chi connectivity index (χ1) is 14.8. The summed E-state index contributed by atoms with van der Waals surface area (Å²) < 4.78 is 5.90. The molecule has 1 amide bonds. The SMILES string of the molecule is O=C(CC(c1ccccc1)c1ccccc1)N1CCC(c2nnc(C3CC3)o2)CC1. The molecule has 2 heterocycles. The van der Waals surface area contributed by atoms with Crippen molar-refractivity contribution in [3.05, 3.63) is 83.6 Å². The predicted octanol–water partition coefficient (Wildman–Crippen LogP) is 4.88. The lowest BCUT2D eigenvalue weighted by Gasteiger charge is -2.32. The molecule has 0 bridgehead atoms. The summed E-state index contributed by atoms with van der Waals surface area (Å²) in [5, 5.41) is 8.50. The molecule has 0 N–H and O–H groups in total. The molecule has 3 aromatic rings. The summed E-state index contributed by atoms with van der Waals surface area (Å²) in [6.45, 7) is 1.50. The van der Waals surface area contributed by atoms with Crippen molar-refractivity contribution in [2.45, 2.75) is 49.9 Å². The minimum absolute atomic E-state index is 0.0784. The molecular formula is C25H27N3O2. The third-order valence-corrected chi connectivity index (χ3v) is 6.36. The number of hydrogen-bond acceptors (Lipinski definition) is 4. The van der Waals surface area contributed by atoms with Crippen LogP contribution in [0.4, 0.5) is 0 Å². The molecular weight excluding hydrogens is 374 g/mol. The van der Waals surface area contributed by atoms with Crippen LogP contribution in [-0.2, 0) is 4.79 Å². The molecule has 0 unspecified atom stereocenters. The van der Waals surface area contributed by atoms with Gasteiger partial charge in [-0.05, 0) is 36.8 Å². The van der Waals surface area contributed by atoms with Crippen molar-refractivity contribution in [2.24, 2.45) is 0 Å². The van der Waals surface area contributed by atoms with Crippen LogP contribution in [0, 0.1) is 0 Å². The summed E-state index contributed by atoms with van der Waals surface area (Å²) in [7, 11) is 0. The van der Waals surface area contributed by atoms with Crippen LogP contribution in [0.15, 0.2) is 65.1 Å². The Labute approximate surface area is 177 Å². The smallest absolute Gasteiger partial charge is 0.223 e. The number of piperidine rings is 1. The van der Waals surface area contributed by atoms with E-state index in [0.717, 1.165) is 37.7 Å². The monoisotopic (exact) mass is 401 g/mol. The summed E-state index contributed by atoms with van der Waals surface area (Å²) in [6, 6.07) is 20.7. The number of nitrogens with zero attached hydrogens (tertiary/aromatic N) is 3. The van der Waals surface area contributed by atoms with Gasteiger partial charge in [0.25, 0.3) is 0 Å². The van der Waals surface area contributed by atoms with E-state index in [2.05, 4.69) is 34.5 Å². The Morgan fingerprint density at radius 1 is 0.833 bits per heavy atom. The van der Waals surface area contributed by atoms with Crippen molar-refractivity contribution < 1.29 is 9.21 Å². The van der Waals surface area contributed by atoms with Gasteiger partial charge < -0.3 is 9.32 Å². The van der Waals surface area contributed by atoms with E-state index in [0.29, 0.717) is 12.3 Å². The molecule has 2 aromatic carbocycles. The summed E-state index contributed by atoms with van der Waals surface area (Å²) >= 11 is 0. The van der Waals surface area contributed by atoms with Crippen molar-refractivity contribution in [2.75, 3.05) is 13.1 Å². The van der Waals surface area contributed by atoms with Crippen LogP contribution in [-0.4, -0.2) is 34.1 Å². The van der Waals surface area contributed by atoms with E-state index in [9.17, 15) is 4.79 Å².